The van der Waals surface area contributed by atoms with Crippen LogP contribution in [0.2, 0.25) is 5.02 Å². The summed E-state index contributed by atoms with van der Waals surface area (Å²) in [7, 11) is 1.64. The highest BCUT2D eigenvalue weighted by atomic mass is 35.5. The van der Waals surface area contributed by atoms with Gasteiger partial charge < -0.3 is 19.3 Å². The Balaban J connectivity index is 1.85. The topological polar surface area (TPSA) is 63.5 Å². The second-order valence-corrected chi connectivity index (χ2v) is 7.14. The smallest absolute Gasteiger partial charge is 0.161 e. The van der Waals surface area contributed by atoms with Gasteiger partial charge in [0.25, 0.3) is 0 Å². The number of phenolic OH excluding ortho intramolecular Hbond substituents is 1. The third kappa shape index (κ3) is 5.63. The average molecular weight is 419 g/mol. The predicted octanol–water partition coefficient (Wildman–Crippen LogP) is 3.95. The van der Waals surface area contributed by atoms with Crippen molar-refractivity contribution in [1.29, 1.82) is 0 Å². The van der Waals surface area contributed by atoms with Crippen LogP contribution in [-0.2, 0) is 4.74 Å². The Morgan fingerprint density at radius 1 is 1.21 bits per heavy atom. The first-order valence-electron chi connectivity index (χ1n) is 9.73. The van der Waals surface area contributed by atoms with Crippen LogP contribution in [0.4, 0.5) is 0 Å². The van der Waals surface area contributed by atoms with Crippen LogP contribution in [0.25, 0.3) is 0 Å². The molecule has 1 aliphatic heterocycles. The van der Waals surface area contributed by atoms with Gasteiger partial charge in [-0.15, -0.1) is 0 Å². The van der Waals surface area contributed by atoms with E-state index in [2.05, 4.69) is 16.0 Å². The summed E-state index contributed by atoms with van der Waals surface area (Å²) in [5, 5.41) is 10.6. The van der Waals surface area contributed by atoms with E-state index in [1.54, 1.807) is 31.5 Å². The standard InChI is InChI=1S/C22H27ClN2O4/c1-3-29-21-7-4-16(13-22(21)27-2)19(25-8-10-28-11-9-25)15-24-14-17-12-18(23)5-6-20(17)26/h4-7,12-14,19,26H,3,8-11,15H2,1-2H3/t19-/m1/s1. The summed E-state index contributed by atoms with van der Waals surface area (Å²) < 4.78 is 16.7. The van der Waals surface area contributed by atoms with Crippen molar-refractivity contribution in [2.75, 3.05) is 46.6 Å². The van der Waals surface area contributed by atoms with Gasteiger partial charge >= 0.3 is 0 Å². The molecule has 7 heteroatoms. The molecule has 156 valence electrons. The normalized spacial score (nSPS) is 16.1. The van der Waals surface area contributed by atoms with Crippen LogP contribution >= 0.6 is 11.6 Å². The van der Waals surface area contributed by atoms with Crippen LogP contribution in [-0.4, -0.2) is 62.8 Å². The highest BCUT2D eigenvalue weighted by Crippen LogP contribution is 2.33. The molecule has 6 nitrogen and oxygen atoms in total. The molecule has 1 atom stereocenters. The van der Waals surface area contributed by atoms with Crippen molar-refractivity contribution >= 4 is 17.8 Å². The number of hydrogen-bond acceptors (Lipinski definition) is 6. The number of hydrogen-bond donors (Lipinski definition) is 1. The van der Waals surface area contributed by atoms with Gasteiger partial charge in [-0.05, 0) is 42.8 Å². The molecule has 1 heterocycles. The van der Waals surface area contributed by atoms with Crippen LogP contribution in [0.15, 0.2) is 41.4 Å². The van der Waals surface area contributed by atoms with Crippen LogP contribution in [0, 0.1) is 0 Å². The van der Waals surface area contributed by atoms with E-state index >= 15 is 0 Å². The van der Waals surface area contributed by atoms with Crippen molar-refractivity contribution < 1.29 is 19.3 Å². The lowest BCUT2D eigenvalue weighted by Gasteiger charge is -2.34. The van der Waals surface area contributed by atoms with Gasteiger partial charge in [-0.2, -0.15) is 0 Å². The Kier molecular flexibility index (Phi) is 7.75. The summed E-state index contributed by atoms with van der Waals surface area (Å²) >= 11 is 6.03. The first kappa shape index (κ1) is 21.4. The summed E-state index contributed by atoms with van der Waals surface area (Å²) in [5.74, 6) is 1.59. The molecule has 0 unspecified atom stereocenters. The number of aliphatic imine (C=N–C) groups is 1. The van der Waals surface area contributed by atoms with E-state index in [1.165, 1.54) is 0 Å². The van der Waals surface area contributed by atoms with Gasteiger partial charge in [-0.1, -0.05) is 17.7 Å². The predicted molar refractivity (Wildman–Crippen MR) is 115 cm³/mol. The summed E-state index contributed by atoms with van der Waals surface area (Å²) in [5.41, 5.74) is 1.70. The Morgan fingerprint density at radius 2 is 2.00 bits per heavy atom. The molecule has 29 heavy (non-hydrogen) atoms. The fourth-order valence-corrected chi connectivity index (χ4v) is 3.55. The summed E-state index contributed by atoms with van der Waals surface area (Å²) in [6, 6.07) is 11.0. The van der Waals surface area contributed by atoms with Crippen molar-refractivity contribution in [3.05, 3.63) is 52.5 Å². The molecule has 2 aromatic carbocycles. The molecule has 0 aromatic heterocycles. The SMILES string of the molecule is CCOc1ccc([C@@H](CN=Cc2cc(Cl)ccc2O)N2CCOCC2)cc1OC. The molecule has 0 amide bonds. The molecule has 0 saturated carbocycles. The van der Waals surface area contributed by atoms with E-state index in [0.717, 1.165) is 24.4 Å². The monoisotopic (exact) mass is 418 g/mol. The molecule has 1 N–H and O–H groups in total. The van der Waals surface area contributed by atoms with Crippen molar-refractivity contribution in [2.24, 2.45) is 4.99 Å². The number of rotatable bonds is 8. The lowest BCUT2D eigenvalue weighted by atomic mass is 10.0. The van der Waals surface area contributed by atoms with Crippen molar-refractivity contribution in [2.45, 2.75) is 13.0 Å². The van der Waals surface area contributed by atoms with E-state index in [0.29, 0.717) is 42.7 Å². The number of ether oxygens (including phenoxy) is 3. The van der Waals surface area contributed by atoms with Gasteiger partial charge in [0.2, 0.25) is 0 Å². The number of benzene rings is 2. The minimum atomic E-state index is 0.0565. The Morgan fingerprint density at radius 3 is 2.72 bits per heavy atom. The van der Waals surface area contributed by atoms with E-state index in [9.17, 15) is 5.11 Å². The second-order valence-electron chi connectivity index (χ2n) is 6.70. The molecule has 0 bridgehead atoms. The van der Waals surface area contributed by atoms with Crippen LogP contribution < -0.4 is 9.47 Å². The second kappa shape index (κ2) is 10.5. The molecule has 0 radical (unpaired) electrons. The first-order chi connectivity index (χ1) is 14.1. The number of halogens is 1. The molecular weight excluding hydrogens is 392 g/mol. The molecule has 3 rings (SSSR count). The van der Waals surface area contributed by atoms with Crippen LogP contribution in [0.3, 0.4) is 0 Å². The number of aromatic hydroxyl groups is 1. The van der Waals surface area contributed by atoms with Gasteiger partial charge in [0, 0.05) is 29.9 Å². The summed E-state index contributed by atoms with van der Waals surface area (Å²) in [4.78, 5) is 6.97. The fourth-order valence-electron chi connectivity index (χ4n) is 3.37. The number of nitrogens with zero attached hydrogens (tertiary/aromatic N) is 2. The Bertz CT molecular complexity index is 838. The molecule has 2 aromatic rings. The zero-order chi connectivity index (χ0) is 20.6. The zero-order valence-corrected chi connectivity index (χ0v) is 17.6. The lowest BCUT2D eigenvalue weighted by molar-refractivity contribution is 0.0180. The van der Waals surface area contributed by atoms with E-state index < -0.39 is 0 Å². The highest BCUT2D eigenvalue weighted by Gasteiger charge is 2.23. The third-order valence-corrected chi connectivity index (χ3v) is 5.09. The maximum absolute atomic E-state index is 10.0. The van der Waals surface area contributed by atoms with Crippen LogP contribution in [0.1, 0.15) is 24.1 Å². The molecule has 0 aliphatic carbocycles. The molecule has 1 saturated heterocycles. The third-order valence-electron chi connectivity index (χ3n) is 4.86. The van der Waals surface area contributed by atoms with E-state index in [1.807, 2.05) is 19.1 Å². The van der Waals surface area contributed by atoms with Gasteiger partial charge in [0.1, 0.15) is 5.75 Å². The largest absolute Gasteiger partial charge is 0.507 e. The van der Waals surface area contributed by atoms with Gasteiger partial charge in [-0.25, -0.2) is 0 Å². The average Bonchev–Trinajstić information content (AvgIpc) is 2.75. The summed E-state index contributed by atoms with van der Waals surface area (Å²) in [6.07, 6.45) is 1.67. The quantitative estimate of drug-likeness (QED) is 0.658. The molecule has 1 fully saturated rings. The molecule has 1 aliphatic rings. The number of phenols is 1. The summed E-state index contributed by atoms with van der Waals surface area (Å²) in [6.45, 7) is 6.12. The maximum atomic E-state index is 10.0. The Labute approximate surface area is 176 Å². The van der Waals surface area contributed by atoms with E-state index in [-0.39, 0.29) is 11.8 Å². The minimum absolute atomic E-state index is 0.0565. The van der Waals surface area contributed by atoms with Crippen molar-refractivity contribution in [1.82, 2.24) is 4.90 Å². The van der Waals surface area contributed by atoms with Gasteiger partial charge in [-0.3, -0.25) is 9.89 Å². The number of morpholine rings is 1. The Hall–Kier alpha value is -2.28. The maximum Gasteiger partial charge on any atom is 0.161 e. The minimum Gasteiger partial charge on any atom is -0.507 e. The van der Waals surface area contributed by atoms with Crippen LogP contribution in [0.5, 0.6) is 17.2 Å². The van der Waals surface area contributed by atoms with Crippen molar-refractivity contribution in [3.8, 4) is 17.2 Å². The van der Waals surface area contributed by atoms with Crippen molar-refractivity contribution in [3.63, 3.8) is 0 Å². The molecular formula is C22H27ClN2O4. The lowest BCUT2D eigenvalue weighted by Crippen LogP contribution is -2.40. The fraction of sp³-hybridized carbons (Fsp3) is 0.409. The highest BCUT2D eigenvalue weighted by molar-refractivity contribution is 6.30. The first-order valence-corrected chi connectivity index (χ1v) is 10.1. The molecule has 0 spiro atoms. The van der Waals surface area contributed by atoms with Gasteiger partial charge in [0.05, 0.1) is 39.5 Å². The van der Waals surface area contributed by atoms with E-state index in [4.69, 9.17) is 25.8 Å². The number of methoxy groups -OCH3 is 1. The van der Waals surface area contributed by atoms with Gasteiger partial charge in [0.15, 0.2) is 11.5 Å². The zero-order valence-electron chi connectivity index (χ0n) is 16.8.